The number of nitrogens with one attached hydrogen (secondary N) is 1. The van der Waals surface area contributed by atoms with Gasteiger partial charge in [0.05, 0.1) is 23.4 Å². The first-order valence-electron chi connectivity index (χ1n) is 6.73. The van der Waals surface area contributed by atoms with Crippen LogP contribution in [-0.2, 0) is 6.54 Å². The van der Waals surface area contributed by atoms with Crippen LogP contribution in [0.5, 0.6) is 0 Å². The normalized spacial score (nSPS) is 11.1. The van der Waals surface area contributed by atoms with Crippen LogP contribution in [0.25, 0.3) is 10.9 Å². The number of anilines is 1. The Labute approximate surface area is 129 Å². The van der Waals surface area contributed by atoms with Crippen LogP contribution in [0.4, 0.5) is 14.5 Å². The molecule has 0 radical (unpaired) electrons. The maximum atomic E-state index is 12.5. The molecule has 0 saturated heterocycles. The van der Waals surface area contributed by atoms with Gasteiger partial charge in [-0.2, -0.15) is 13.9 Å². The second-order valence-corrected chi connectivity index (χ2v) is 4.79. The van der Waals surface area contributed by atoms with Crippen LogP contribution >= 0.6 is 0 Å². The van der Waals surface area contributed by atoms with E-state index in [9.17, 15) is 18.7 Å². The van der Waals surface area contributed by atoms with Crippen LogP contribution in [0.1, 0.15) is 22.6 Å². The monoisotopic (exact) mass is 318 g/mol. The van der Waals surface area contributed by atoms with E-state index in [2.05, 4.69) is 15.4 Å². The van der Waals surface area contributed by atoms with Gasteiger partial charge >= 0.3 is 12.5 Å². The Hall–Kier alpha value is -3.03. The van der Waals surface area contributed by atoms with E-state index in [1.807, 2.05) is 0 Å². The topological polar surface area (TPSA) is 80.0 Å². The molecular formula is C15H12F2N4O2. The molecule has 118 valence electrons. The molecule has 0 aliphatic rings. The lowest BCUT2D eigenvalue weighted by Gasteiger charge is -2.11. The molecule has 3 rings (SSSR count). The number of aromatic carboxylic acids is 1. The van der Waals surface area contributed by atoms with Crippen LogP contribution in [0.2, 0.25) is 0 Å². The van der Waals surface area contributed by atoms with Gasteiger partial charge in [0.15, 0.2) is 0 Å². The van der Waals surface area contributed by atoms with E-state index < -0.39 is 12.5 Å². The third kappa shape index (κ3) is 2.96. The van der Waals surface area contributed by atoms with Crippen molar-refractivity contribution in [3.63, 3.8) is 0 Å². The van der Waals surface area contributed by atoms with Crippen LogP contribution < -0.4 is 5.32 Å². The Morgan fingerprint density at radius 3 is 2.78 bits per heavy atom. The summed E-state index contributed by atoms with van der Waals surface area (Å²) in [5.41, 5.74) is 1.41. The first kappa shape index (κ1) is 14.9. The summed E-state index contributed by atoms with van der Waals surface area (Å²) in [7, 11) is 0. The summed E-state index contributed by atoms with van der Waals surface area (Å²) in [5.74, 6) is -1.12. The molecule has 0 bridgehead atoms. The van der Waals surface area contributed by atoms with Crippen molar-refractivity contribution in [2.45, 2.75) is 13.1 Å². The molecule has 6 nitrogen and oxygen atoms in total. The van der Waals surface area contributed by atoms with E-state index in [1.165, 1.54) is 18.5 Å². The average Bonchev–Trinajstić information content (AvgIpc) is 3.01. The summed E-state index contributed by atoms with van der Waals surface area (Å²) >= 11 is 0. The molecule has 0 fully saturated rings. The molecular weight excluding hydrogens is 306 g/mol. The molecule has 3 aromatic rings. The standard InChI is InChI=1S/C15H12F2N4O2/c16-15(17)21-6-5-9(20-21)7-19-13-10-3-1-2-4-12(10)18-8-11(13)14(22)23/h1-6,8,15H,7H2,(H,18,19)(H,22,23). The zero-order chi connectivity index (χ0) is 16.4. The summed E-state index contributed by atoms with van der Waals surface area (Å²) in [6.07, 6.45) is 2.44. The van der Waals surface area contributed by atoms with Gasteiger partial charge in [-0.3, -0.25) is 4.98 Å². The number of hydrogen-bond donors (Lipinski definition) is 2. The van der Waals surface area contributed by atoms with Crippen molar-refractivity contribution in [3.8, 4) is 0 Å². The van der Waals surface area contributed by atoms with E-state index in [1.54, 1.807) is 24.3 Å². The molecule has 1 aromatic carbocycles. The molecule has 0 saturated carbocycles. The highest BCUT2D eigenvalue weighted by Crippen LogP contribution is 2.26. The van der Waals surface area contributed by atoms with Crippen molar-refractivity contribution in [3.05, 3.63) is 54.0 Å². The third-order valence-corrected chi connectivity index (χ3v) is 3.32. The van der Waals surface area contributed by atoms with Crippen molar-refractivity contribution in [1.82, 2.24) is 14.8 Å². The van der Waals surface area contributed by atoms with Gasteiger partial charge in [0.25, 0.3) is 0 Å². The number of para-hydroxylation sites is 1. The number of halogens is 2. The van der Waals surface area contributed by atoms with Gasteiger partial charge in [0.2, 0.25) is 0 Å². The number of aromatic nitrogens is 3. The predicted molar refractivity (Wildman–Crippen MR) is 79.5 cm³/mol. The number of pyridine rings is 1. The zero-order valence-electron chi connectivity index (χ0n) is 11.8. The molecule has 0 amide bonds. The minimum atomic E-state index is -2.71. The second kappa shape index (κ2) is 5.99. The van der Waals surface area contributed by atoms with Gasteiger partial charge in [-0.25, -0.2) is 9.48 Å². The number of carboxylic acids is 1. The zero-order valence-corrected chi connectivity index (χ0v) is 11.8. The van der Waals surface area contributed by atoms with E-state index in [-0.39, 0.29) is 12.1 Å². The van der Waals surface area contributed by atoms with Crippen LogP contribution in [0.3, 0.4) is 0 Å². The second-order valence-electron chi connectivity index (χ2n) is 4.79. The van der Waals surface area contributed by atoms with E-state index in [0.29, 0.717) is 27.0 Å². The number of alkyl halides is 2. The SMILES string of the molecule is O=C(O)c1cnc2ccccc2c1NCc1ccn(C(F)F)n1. The quantitative estimate of drug-likeness (QED) is 0.755. The van der Waals surface area contributed by atoms with Crippen molar-refractivity contribution < 1.29 is 18.7 Å². The van der Waals surface area contributed by atoms with Crippen molar-refractivity contribution in [2.75, 3.05) is 5.32 Å². The molecule has 0 spiro atoms. The first-order chi connectivity index (χ1) is 11.1. The molecule has 23 heavy (non-hydrogen) atoms. The lowest BCUT2D eigenvalue weighted by molar-refractivity contribution is 0.0562. The Kier molecular flexibility index (Phi) is 3.88. The van der Waals surface area contributed by atoms with Crippen LogP contribution in [0, 0.1) is 0 Å². The molecule has 2 aromatic heterocycles. The number of carboxylic acid groups (broad SMARTS) is 1. The molecule has 2 heterocycles. The Morgan fingerprint density at radius 1 is 1.30 bits per heavy atom. The fourth-order valence-corrected chi connectivity index (χ4v) is 2.25. The number of rotatable bonds is 5. The number of hydrogen-bond acceptors (Lipinski definition) is 4. The molecule has 2 N–H and O–H groups in total. The Morgan fingerprint density at radius 2 is 2.09 bits per heavy atom. The summed E-state index contributed by atoms with van der Waals surface area (Å²) < 4.78 is 25.6. The third-order valence-electron chi connectivity index (χ3n) is 3.32. The molecule has 0 aliphatic carbocycles. The highest BCUT2D eigenvalue weighted by molar-refractivity contribution is 6.04. The summed E-state index contributed by atoms with van der Waals surface area (Å²) in [5, 5.41) is 16.6. The maximum Gasteiger partial charge on any atom is 0.339 e. The Bertz CT molecular complexity index is 864. The van der Waals surface area contributed by atoms with E-state index in [0.717, 1.165) is 0 Å². The number of fused-ring (bicyclic) bond motifs is 1. The van der Waals surface area contributed by atoms with Gasteiger partial charge in [-0.15, -0.1) is 0 Å². The molecule has 0 atom stereocenters. The highest BCUT2D eigenvalue weighted by atomic mass is 19.3. The van der Waals surface area contributed by atoms with Crippen molar-refractivity contribution in [1.29, 1.82) is 0 Å². The molecule has 0 aliphatic heterocycles. The fraction of sp³-hybridized carbons (Fsp3) is 0.133. The average molecular weight is 318 g/mol. The number of benzene rings is 1. The van der Waals surface area contributed by atoms with Crippen LogP contribution in [0.15, 0.2) is 42.7 Å². The smallest absolute Gasteiger partial charge is 0.339 e. The predicted octanol–water partition coefficient (Wildman–Crippen LogP) is 3.14. The Balaban J connectivity index is 1.94. The van der Waals surface area contributed by atoms with Gasteiger partial charge < -0.3 is 10.4 Å². The minimum Gasteiger partial charge on any atom is -0.478 e. The van der Waals surface area contributed by atoms with Gasteiger partial charge in [-0.1, -0.05) is 18.2 Å². The number of nitrogens with zero attached hydrogens (tertiary/aromatic N) is 3. The van der Waals surface area contributed by atoms with Gasteiger partial charge in [-0.05, 0) is 12.1 Å². The fourth-order valence-electron chi connectivity index (χ4n) is 2.25. The molecule has 0 unspecified atom stereocenters. The summed E-state index contributed by atoms with van der Waals surface area (Å²) in [6, 6.07) is 8.52. The van der Waals surface area contributed by atoms with Crippen LogP contribution in [-0.4, -0.2) is 25.8 Å². The lowest BCUT2D eigenvalue weighted by Crippen LogP contribution is -2.09. The lowest BCUT2D eigenvalue weighted by atomic mass is 10.1. The van der Waals surface area contributed by atoms with Gasteiger partial charge in [0, 0.05) is 17.8 Å². The van der Waals surface area contributed by atoms with Gasteiger partial charge in [0.1, 0.15) is 5.56 Å². The van der Waals surface area contributed by atoms with Crippen molar-refractivity contribution >= 4 is 22.6 Å². The molecule has 8 heteroatoms. The minimum absolute atomic E-state index is 0.0111. The first-order valence-corrected chi connectivity index (χ1v) is 6.73. The highest BCUT2D eigenvalue weighted by Gasteiger charge is 2.15. The largest absolute Gasteiger partial charge is 0.478 e. The van der Waals surface area contributed by atoms with E-state index in [4.69, 9.17) is 0 Å². The summed E-state index contributed by atoms with van der Waals surface area (Å²) in [4.78, 5) is 15.5. The summed E-state index contributed by atoms with van der Waals surface area (Å²) in [6.45, 7) is -2.59. The van der Waals surface area contributed by atoms with Crippen molar-refractivity contribution in [2.24, 2.45) is 0 Å². The maximum absolute atomic E-state index is 12.5. The number of carbonyl (C=O) groups is 1. The van der Waals surface area contributed by atoms with E-state index >= 15 is 0 Å².